The van der Waals surface area contributed by atoms with Crippen molar-refractivity contribution in [3.05, 3.63) is 100 Å². The molecule has 1 atom stereocenters. The molecule has 0 aliphatic carbocycles. The van der Waals surface area contributed by atoms with Gasteiger partial charge in [0.15, 0.2) is 5.69 Å². The number of carbonyl (C=O) groups is 3. The molecule has 10 nitrogen and oxygen atoms in total. The third kappa shape index (κ3) is 5.99. The van der Waals surface area contributed by atoms with E-state index in [9.17, 15) is 19.5 Å². The van der Waals surface area contributed by atoms with Gasteiger partial charge in [-0.2, -0.15) is 4.37 Å². The van der Waals surface area contributed by atoms with E-state index in [-0.39, 0.29) is 28.6 Å². The molecule has 6 N–H and O–H groups in total. The van der Waals surface area contributed by atoms with Crippen molar-refractivity contribution in [1.29, 1.82) is 0 Å². The number of nitrogens with zero attached hydrogens (tertiary/aromatic N) is 2. The van der Waals surface area contributed by atoms with E-state index in [2.05, 4.69) is 9.69 Å². The highest BCUT2D eigenvalue weighted by atomic mass is 32.1. The van der Waals surface area contributed by atoms with Gasteiger partial charge in [-0.15, -0.1) is 0 Å². The Hall–Kier alpha value is -4.90. The molecule has 3 amide bonds. The largest absolute Gasteiger partial charge is 0.508 e. The summed E-state index contributed by atoms with van der Waals surface area (Å²) >= 11 is 0.729. The predicted octanol–water partition coefficient (Wildman–Crippen LogP) is 3.55. The van der Waals surface area contributed by atoms with Crippen LogP contribution in [0.25, 0.3) is 0 Å². The fraction of sp³-hybridized carbons (Fsp3) is 0.143. The number of rotatable bonds is 9. The van der Waals surface area contributed by atoms with Crippen molar-refractivity contribution in [1.82, 2.24) is 9.69 Å². The lowest BCUT2D eigenvalue weighted by Gasteiger charge is -2.31. The molecule has 0 spiro atoms. The minimum absolute atomic E-state index is 0.00200. The average Bonchev–Trinajstić information content (AvgIpc) is 3.33. The SMILES string of the molecule is COc1ccc(CNC(=O)[C@@H](c2ccc(O)cc2)N(C(=O)c2snc(C(N)=O)c2N)c2ccc(C)cc2)cc1. The molecule has 0 bridgehead atoms. The van der Waals surface area contributed by atoms with Crippen LogP contribution in [0.4, 0.5) is 11.4 Å². The zero-order valence-electron chi connectivity index (χ0n) is 21.3. The summed E-state index contributed by atoms with van der Waals surface area (Å²) in [4.78, 5) is 40.9. The Labute approximate surface area is 229 Å². The Bertz CT molecular complexity index is 1480. The molecule has 39 heavy (non-hydrogen) atoms. The lowest BCUT2D eigenvalue weighted by molar-refractivity contribution is -0.122. The van der Waals surface area contributed by atoms with Crippen molar-refractivity contribution in [2.75, 3.05) is 17.7 Å². The van der Waals surface area contributed by atoms with E-state index >= 15 is 0 Å². The highest BCUT2D eigenvalue weighted by molar-refractivity contribution is 7.09. The molecule has 3 aromatic carbocycles. The first-order valence-electron chi connectivity index (χ1n) is 11.8. The number of carbonyl (C=O) groups excluding carboxylic acids is 3. The highest BCUT2D eigenvalue weighted by Gasteiger charge is 2.36. The Morgan fingerprint density at radius 1 is 1.03 bits per heavy atom. The van der Waals surface area contributed by atoms with Gasteiger partial charge in [0, 0.05) is 12.2 Å². The molecule has 0 aliphatic rings. The number of aromatic hydroxyl groups is 1. The zero-order chi connectivity index (χ0) is 28.1. The molecule has 4 aromatic rings. The van der Waals surface area contributed by atoms with Crippen LogP contribution in [0.15, 0.2) is 72.8 Å². The van der Waals surface area contributed by atoms with Gasteiger partial charge in [-0.3, -0.25) is 19.3 Å². The van der Waals surface area contributed by atoms with Crippen LogP contribution in [0.1, 0.15) is 42.9 Å². The number of aryl methyl sites for hydroxylation is 1. The Kier molecular flexibility index (Phi) is 8.11. The van der Waals surface area contributed by atoms with Gasteiger partial charge in [0.1, 0.15) is 22.4 Å². The number of hydrogen-bond acceptors (Lipinski definition) is 8. The minimum Gasteiger partial charge on any atom is -0.508 e. The van der Waals surface area contributed by atoms with E-state index in [4.69, 9.17) is 16.2 Å². The number of phenols is 1. The summed E-state index contributed by atoms with van der Waals surface area (Å²) in [5, 5.41) is 12.8. The Balaban J connectivity index is 1.78. The molecule has 200 valence electrons. The maximum atomic E-state index is 14.0. The van der Waals surface area contributed by atoms with Crippen molar-refractivity contribution in [2.24, 2.45) is 5.73 Å². The second-order valence-corrected chi connectivity index (χ2v) is 9.48. The van der Waals surface area contributed by atoms with E-state index in [1.807, 2.05) is 31.2 Å². The van der Waals surface area contributed by atoms with Crippen LogP contribution < -0.4 is 26.4 Å². The number of amides is 3. The number of hydrogen-bond donors (Lipinski definition) is 4. The molecular weight excluding hydrogens is 518 g/mol. The molecule has 0 radical (unpaired) electrons. The summed E-state index contributed by atoms with van der Waals surface area (Å²) in [5.74, 6) is -1.30. The fourth-order valence-electron chi connectivity index (χ4n) is 3.93. The molecule has 0 saturated heterocycles. The maximum Gasteiger partial charge on any atom is 0.273 e. The number of nitrogens with one attached hydrogen (secondary N) is 1. The molecule has 4 rings (SSSR count). The van der Waals surface area contributed by atoms with Crippen LogP contribution in [0.3, 0.4) is 0 Å². The van der Waals surface area contributed by atoms with Crippen molar-refractivity contribution >= 4 is 40.6 Å². The summed E-state index contributed by atoms with van der Waals surface area (Å²) in [5.41, 5.74) is 13.7. The lowest BCUT2D eigenvalue weighted by atomic mass is 10.0. The van der Waals surface area contributed by atoms with Gasteiger partial charge in [-0.05, 0) is 66.0 Å². The van der Waals surface area contributed by atoms with Crippen molar-refractivity contribution in [3.63, 3.8) is 0 Å². The van der Waals surface area contributed by atoms with E-state index < -0.39 is 23.8 Å². The maximum absolute atomic E-state index is 14.0. The first kappa shape index (κ1) is 27.1. The number of ether oxygens (including phenoxy) is 1. The summed E-state index contributed by atoms with van der Waals surface area (Å²) in [6.07, 6.45) is 0. The number of phenolic OH excluding ortho intramolecular Hbond substituents is 1. The molecule has 1 heterocycles. The molecule has 0 aliphatic heterocycles. The summed E-state index contributed by atoms with van der Waals surface area (Å²) in [7, 11) is 1.57. The fourth-order valence-corrected chi connectivity index (χ4v) is 4.67. The van der Waals surface area contributed by atoms with Gasteiger partial charge in [0.05, 0.1) is 12.8 Å². The second-order valence-electron chi connectivity index (χ2n) is 8.71. The van der Waals surface area contributed by atoms with E-state index in [1.165, 1.54) is 17.0 Å². The van der Waals surface area contributed by atoms with Crippen molar-refractivity contribution < 1.29 is 24.2 Å². The van der Waals surface area contributed by atoms with Gasteiger partial charge < -0.3 is 26.6 Å². The number of primary amides is 1. The lowest BCUT2D eigenvalue weighted by Crippen LogP contribution is -2.44. The summed E-state index contributed by atoms with van der Waals surface area (Å²) < 4.78 is 9.14. The second kappa shape index (κ2) is 11.7. The number of nitrogens with two attached hydrogens (primary N) is 2. The molecule has 0 saturated carbocycles. The standard InChI is InChI=1S/C28H27N5O5S/c1-16-3-9-19(10-4-16)33(28(37)25-22(29)23(26(30)35)32-39-25)24(18-7-11-20(34)12-8-18)27(36)31-15-17-5-13-21(38-2)14-6-17/h3-14,24,34H,15,29H2,1-2H3,(H2,30,35)(H,31,36)/t24-/m1/s1. The molecule has 0 unspecified atom stereocenters. The number of anilines is 2. The van der Waals surface area contributed by atoms with E-state index in [0.29, 0.717) is 17.0 Å². The van der Waals surface area contributed by atoms with E-state index in [1.54, 1.807) is 43.5 Å². The van der Waals surface area contributed by atoms with Crippen LogP contribution in [-0.2, 0) is 11.3 Å². The summed E-state index contributed by atoms with van der Waals surface area (Å²) in [6.45, 7) is 2.08. The third-order valence-electron chi connectivity index (χ3n) is 6.03. The topological polar surface area (TPSA) is 161 Å². The quantitative estimate of drug-likeness (QED) is 0.250. The molecule has 0 fully saturated rings. The number of nitrogen functional groups attached to an aromatic ring is 1. The van der Waals surface area contributed by atoms with E-state index in [0.717, 1.165) is 22.7 Å². The van der Waals surface area contributed by atoms with Gasteiger partial charge in [0.2, 0.25) is 5.91 Å². The Morgan fingerprint density at radius 3 is 2.23 bits per heavy atom. The third-order valence-corrected chi connectivity index (χ3v) is 6.88. The number of benzene rings is 3. The zero-order valence-corrected chi connectivity index (χ0v) is 22.1. The van der Waals surface area contributed by atoms with Crippen molar-refractivity contribution in [2.45, 2.75) is 19.5 Å². The minimum atomic E-state index is -1.17. The monoisotopic (exact) mass is 545 g/mol. The van der Waals surface area contributed by atoms with Crippen LogP contribution in [0, 0.1) is 6.92 Å². The smallest absolute Gasteiger partial charge is 0.273 e. The average molecular weight is 546 g/mol. The first-order chi connectivity index (χ1) is 18.7. The normalized spacial score (nSPS) is 11.4. The van der Waals surface area contributed by atoms with Gasteiger partial charge >= 0.3 is 0 Å². The number of aromatic nitrogens is 1. The number of methoxy groups -OCH3 is 1. The van der Waals surface area contributed by atoms with Crippen molar-refractivity contribution in [3.8, 4) is 11.5 Å². The van der Waals surface area contributed by atoms with Crippen LogP contribution >= 0.6 is 11.5 Å². The van der Waals surface area contributed by atoms with Gasteiger partial charge in [0.25, 0.3) is 11.8 Å². The van der Waals surface area contributed by atoms with Crippen LogP contribution in [0.2, 0.25) is 0 Å². The van der Waals surface area contributed by atoms with Gasteiger partial charge in [-0.1, -0.05) is 42.0 Å². The van der Waals surface area contributed by atoms with Crippen LogP contribution in [0.5, 0.6) is 11.5 Å². The van der Waals surface area contributed by atoms with Gasteiger partial charge in [-0.25, -0.2) is 0 Å². The first-order valence-corrected chi connectivity index (χ1v) is 12.6. The summed E-state index contributed by atoms with van der Waals surface area (Å²) in [6, 6.07) is 19.1. The highest BCUT2D eigenvalue weighted by Crippen LogP contribution is 2.34. The molecular formula is C28H27N5O5S. The molecule has 11 heteroatoms. The van der Waals surface area contributed by atoms with Crippen LogP contribution in [-0.4, -0.2) is 34.3 Å². The Morgan fingerprint density at radius 2 is 1.67 bits per heavy atom. The molecule has 1 aromatic heterocycles. The predicted molar refractivity (Wildman–Crippen MR) is 149 cm³/mol.